The molecule has 142 valence electrons. The zero-order chi connectivity index (χ0) is 18.2. The maximum atomic E-state index is 13.5. The van der Waals surface area contributed by atoms with Crippen molar-refractivity contribution < 1.29 is 19.0 Å². The maximum absolute atomic E-state index is 13.5. The number of nitrogens with zero attached hydrogens (tertiary/aromatic N) is 1. The summed E-state index contributed by atoms with van der Waals surface area (Å²) >= 11 is 0. The highest BCUT2D eigenvalue weighted by molar-refractivity contribution is 5.91. The van der Waals surface area contributed by atoms with Crippen LogP contribution in [0.15, 0.2) is 24.3 Å². The highest BCUT2D eigenvalue weighted by atomic mass is 16.5. The molecule has 0 N–H and O–H groups in total. The predicted molar refractivity (Wildman–Crippen MR) is 98.3 cm³/mol. The van der Waals surface area contributed by atoms with Gasteiger partial charge in [0.1, 0.15) is 5.75 Å². The van der Waals surface area contributed by atoms with Gasteiger partial charge in [0.05, 0.1) is 19.1 Å². The zero-order valence-electron chi connectivity index (χ0n) is 15.8. The normalized spacial score (nSPS) is 26.1. The first kappa shape index (κ1) is 17.8. The van der Waals surface area contributed by atoms with E-state index in [0.29, 0.717) is 11.8 Å². The summed E-state index contributed by atoms with van der Waals surface area (Å²) in [5.41, 5.74) is 0.972. The molecule has 26 heavy (non-hydrogen) atoms. The van der Waals surface area contributed by atoms with Crippen LogP contribution >= 0.6 is 0 Å². The van der Waals surface area contributed by atoms with Gasteiger partial charge in [-0.1, -0.05) is 12.1 Å². The molecule has 1 saturated carbocycles. The number of rotatable bonds is 5. The molecule has 3 aliphatic rings. The van der Waals surface area contributed by atoms with Crippen molar-refractivity contribution in [2.24, 2.45) is 11.3 Å². The molecule has 1 aromatic carbocycles. The molecule has 2 heterocycles. The number of likely N-dealkylation sites (tertiary alicyclic amines) is 1. The van der Waals surface area contributed by atoms with E-state index < -0.39 is 0 Å². The van der Waals surface area contributed by atoms with E-state index in [-0.39, 0.29) is 10.8 Å². The summed E-state index contributed by atoms with van der Waals surface area (Å²) in [5.74, 6) is 1.54. The molecule has 0 radical (unpaired) electrons. The predicted octanol–water partition coefficient (Wildman–Crippen LogP) is 2.63. The number of benzene rings is 1. The first-order valence-corrected chi connectivity index (χ1v) is 9.64. The molecule has 1 atom stereocenters. The van der Waals surface area contributed by atoms with Crippen LogP contribution in [0.2, 0.25) is 0 Å². The lowest BCUT2D eigenvalue weighted by Crippen LogP contribution is -2.41. The number of carbonyl (C=O) groups excluding carboxylic acids is 1. The Balaban J connectivity index is 1.54. The van der Waals surface area contributed by atoms with E-state index in [2.05, 4.69) is 17.0 Å². The zero-order valence-corrected chi connectivity index (χ0v) is 15.8. The lowest BCUT2D eigenvalue weighted by atomic mass is 9.72. The fourth-order valence-electron chi connectivity index (χ4n) is 4.93. The van der Waals surface area contributed by atoms with Crippen LogP contribution in [0, 0.1) is 11.3 Å². The molecule has 1 spiro atoms. The Morgan fingerprint density at radius 1 is 1.15 bits per heavy atom. The van der Waals surface area contributed by atoms with E-state index in [0.717, 1.165) is 69.9 Å². The number of carbonyl (C=O) groups is 1. The van der Waals surface area contributed by atoms with Gasteiger partial charge in [0.2, 0.25) is 5.91 Å². The number of hydrogen-bond acceptors (Lipinski definition) is 4. The van der Waals surface area contributed by atoms with E-state index in [1.165, 1.54) is 0 Å². The Morgan fingerprint density at radius 3 is 2.42 bits per heavy atom. The van der Waals surface area contributed by atoms with E-state index in [1.807, 2.05) is 12.1 Å². The first-order valence-electron chi connectivity index (χ1n) is 9.64. The molecule has 1 aromatic rings. The Bertz CT molecular complexity index is 646. The third kappa shape index (κ3) is 2.91. The van der Waals surface area contributed by atoms with Crippen molar-refractivity contribution in [2.45, 2.75) is 31.1 Å². The summed E-state index contributed by atoms with van der Waals surface area (Å²) in [6, 6.07) is 8.02. The second kappa shape index (κ2) is 6.86. The van der Waals surface area contributed by atoms with Crippen molar-refractivity contribution in [1.82, 2.24) is 4.90 Å². The second-order valence-electron chi connectivity index (χ2n) is 8.12. The monoisotopic (exact) mass is 359 g/mol. The minimum absolute atomic E-state index is 0.167. The average molecular weight is 359 g/mol. The first-order chi connectivity index (χ1) is 12.6. The van der Waals surface area contributed by atoms with Crippen LogP contribution in [-0.4, -0.2) is 57.9 Å². The molecule has 2 aliphatic heterocycles. The lowest BCUT2D eigenvalue weighted by Gasteiger charge is -2.37. The van der Waals surface area contributed by atoms with Crippen molar-refractivity contribution >= 4 is 5.91 Å². The van der Waals surface area contributed by atoms with Gasteiger partial charge in [-0.2, -0.15) is 0 Å². The average Bonchev–Trinajstić information content (AvgIpc) is 3.43. The number of methoxy groups -OCH3 is 2. The van der Waals surface area contributed by atoms with Gasteiger partial charge in [-0.25, -0.2) is 0 Å². The van der Waals surface area contributed by atoms with Gasteiger partial charge in [0.15, 0.2) is 0 Å². The molecular weight excluding hydrogens is 330 g/mol. The molecule has 5 nitrogen and oxygen atoms in total. The Morgan fingerprint density at radius 2 is 1.85 bits per heavy atom. The van der Waals surface area contributed by atoms with Crippen molar-refractivity contribution in [3.8, 4) is 5.75 Å². The Labute approximate surface area is 155 Å². The van der Waals surface area contributed by atoms with E-state index in [9.17, 15) is 4.79 Å². The smallest absolute Gasteiger partial charge is 0.233 e. The molecule has 1 aliphatic carbocycles. The minimum atomic E-state index is -0.319. The molecule has 1 amide bonds. The van der Waals surface area contributed by atoms with Gasteiger partial charge in [-0.3, -0.25) is 4.79 Å². The Hall–Kier alpha value is -1.59. The summed E-state index contributed by atoms with van der Waals surface area (Å²) < 4.78 is 16.4. The van der Waals surface area contributed by atoms with Crippen molar-refractivity contribution in [3.05, 3.63) is 29.8 Å². The quantitative estimate of drug-likeness (QED) is 0.811. The molecule has 5 heteroatoms. The number of amides is 1. The van der Waals surface area contributed by atoms with Crippen molar-refractivity contribution in [1.29, 1.82) is 0 Å². The molecule has 4 rings (SSSR count). The van der Waals surface area contributed by atoms with Crippen molar-refractivity contribution in [2.75, 3.05) is 47.1 Å². The summed E-state index contributed by atoms with van der Waals surface area (Å²) in [6.45, 7) is 3.97. The fourth-order valence-corrected chi connectivity index (χ4v) is 4.93. The van der Waals surface area contributed by atoms with Gasteiger partial charge in [0, 0.05) is 39.3 Å². The lowest BCUT2D eigenvalue weighted by molar-refractivity contribution is -0.133. The van der Waals surface area contributed by atoms with Crippen LogP contribution in [-0.2, 0) is 19.7 Å². The van der Waals surface area contributed by atoms with Gasteiger partial charge >= 0.3 is 0 Å². The summed E-state index contributed by atoms with van der Waals surface area (Å²) in [7, 11) is 3.43. The molecule has 0 aromatic heterocycles. The molecule has 3 fully saturated rings. The van der Waals surface area contributed by atoms with Gasteiger partial charge in [0.25, 0.3) is 0 Å². The second-order valence-corrected chi connectivity index (χ2v) is 8.12. The summed E-state index contributed by atoms with van der Waals surface area (Å²) in [5, 5.41) is 0. The third-order valence-electron chi connectivity index (χ3n) is 6.76. The van der Waals surface area contributed by atoms with Crippen LogP contribution in [0.3, 0.4) is 0 Å². The molecule has 0 bridgehead atoms. The largest absolute Gasteiger partial charge is 0.497 e. The van der Waals surface area contributed by atoms with Gasteiger partial charge in [-0.15, -0.1) is 0 Å². The number of hydrogen-bond donors (Lipinski definition) is 0. The van der Waals surface area contributed by atoms with Crippen LogP contribution in [0.25, 0.3) is 0 Å². The molecule has 2 saturated heterocycles. The van der Waals surface area contributed by atoms with Crippen molar-refractivity contribution in [3.63, 3.8) is 0 Å². The fraction of sp³-hybridized carbons (Fsp3) is 0.667. The van der Waals surface area contributed by atoms with Crippen LogP contribution < -0.4 is 4.74 Å². The van der Waals surface area contributed by atoms with E-state index in [4.69, 9.17) is 14.2 Å². The summed E-state index contributed by atoms with van der Waals surface area (Å²) in [4.78, 5) is 15.6. The standard InChI is InChI=1S/C21H29NO4/c1-24-14-17-13-22(15-20(17)9-11-26-12-10-20)19(23)21(7-8-21)16-3-5-18(25-2)6-4-16/h3-6,17H,7-15H2,1-2H3. The van der Waals surface area contributed by atoms with Crippen LogP contribution in [0.1, 0.15) is 31.2 Å². The van der Waals surface area contributed by atoms with Gasteiger partial charge in [-0.05, 0) is 48.8 Å². The minimum Gasteiger partial charge on any atom is -0.497 e. The van der Waals surface area contributed by atoms with Crippen LogP contribution in [0.5, 0.6) is 5.75 Å². The topological polar surface area (TPSA) is 48.0 Å². The Kier molecular flexibility index (Phi) is 4.70. The van der Waals surface area contributed by atoms with Gasteiger partial charge < -0.3 is 19.1 Å². The highest BCUT2D eigenvalue weighted by Gasteiger charge is 2.57. The van der Waals surface area contributed by atoms with E-state index in [1.54, 1.807) is 14.2 Å². The molecule has 1 unspecified atom stereocenters. The SMILES string of the molecule is COCC1CN(C(=O)C2(c3ccc(OC)cc3)CC2)CC12CCOCC2. The number of ether oxygens (including phenoxy) is 3. The maximum Gasteiger partial charge on any atom is 0.233 e. The van der Waals surface area contributed by atoms with E-state index >= 15 is 0 Å². The van der Waals surface area contributed by atoms with Crippen LogP contribution in [0.4, 0.5) is 0 Å². The third-order valence-corrected chi connectivity index (χ3v) is 6.76. The highest BCUT2D eigenvalue weighted by Crippen LogP contribution is 2.52. The molecular formula is C21H29NO4. The summed E-state index contributed by atoms with van der Waals surface area (Å²) in [6.07, 6.45) is 3.94.